The van der Waals surface area contributed by atoms with Crippen LogP contribution in [0.3, 0.4) is 0 Å². The van der Waals surface area contributed by atoms with E-state index in [1.54, 1.807) is 18.2 Å². The molecule has 1 aromatic heterocycles. The van der Waals surface area contributed by atoms with Crippen LogP contribution in [-0.4, -0.2) is 18.7 Å². The fourth-order valence-corrected chi connectivity index (χ4v) is 2.19. The SMILES string of the molecule is [B]c1cccc(/C=C(\C#N)C(=O)N[C@@H](CC)c2ccccc2)n1. The average Bonchev–Trinajstić information content (AvgIpc) is 2.58. The molecule has 0 aliphatic rings. The van der Waals surface area contributed by atoms with Crippen LogP contribution < -0.4 is 10.9 Å². The Morgan fingerprint density at radius 3 is 2.65 bits per heavy atom. The minimum atomic E-state index is -0.424. The number of nitrogens with zero attached hydrogens (tertiary/aromatic N) is 2. The number of pyridine rings is 1. The number of hydrogen-bond donors (Lipinski definition) is 1. The summed E-state index contributed by atoms with van der Waals surface area (Å²) in [4.78, 5) is 16.4. The standard InChI is InChI=1S/C18H16BN3O/c1-2-16(13-7-4-3-5-8-13)22-18(23)14(12-20)11-15-9-6-10-17(19)21-15/h3-11,16H,2H2,1H3,(H,22,23)/b14-11+/t16-/m0/s1. The topological polar surface area (TPSA) is 65.8 Å². The number of carbonyl (C=O) groups is 1. The third-order valence-corrected chi connectivity index (χ3v) is 3.36. The van der Waals surface area contributed by atoms with Crippen molar-refractivity contribution in [3.8, 4) is 6.07 Å². The van der Waals surface area contributed by atoms with E-state index in [4.69, 9.17) is 7.85 Å². The van der Waals surface area contributed by atoms with Gasteiger partial charge in [0.25, 0.3) is 5.91 Å². The zero-order valence-corrected chi connectivity index (χ0v) is 12.9. The molecule has 0 fully saturated rings. The van der Waals surface area contributed by atoms with E-state index in [1.807, 2.05) is 43.3 Å². The lowest BCUT2D eigenvalue weighted by Crippen LogP contribution is -2.29. The highest BCUT2D eigenvalue weighted by Crippen LogP contribution is 2.16. The Hall–Kier alpha value is -2.87. The number of nitriles is 1. The van der Waals surface area contributed by atoms with Gasteiger partial charge in [-0.1, -0.05) is 49.4 Å². The molecule has 23 heavy (non-hydrogen) atoms. The monoisotopic (exact) mass is 301 g/mol. The van der Waals surface area contributed by atoms with Gasteiger partial charge >= 0.3 is 0 Å². The van der Waals surface area contributed by atoms with Gasteiger partial charge in [0.15, 0.2) is 0 Å². The average molecular weight is 301 g/mol. The van der Waals surface area contributed by atoms with E-state index in [2.05, 4.69) is 10.3 Å². The summed E-state index contributed by atoms with van der Waals surface area (Å²) in [7, 11) is 5.61. The maximum Gasteiger partial charge on any atom is 0.262 e. The van der Waals surface area contributed by atoms with E-state index in [0.717, 1.165) is 12.0 Å². The van der Waals surface area contributed by atoms with Crippen LogP contribution >= 0.6 is 0 Å². The van der Waals surface area contributed by atoms with Gasteiger partial charge in [-0.25, -0.2) is 0 Å². The minimum Gasteiger partial charge on any atom is -0.345 e. The Morgan fingerprint density at radius 1 is 1.30 bits per heavy atom. The quantitative estimate of drug-likeness (QED) is 0.522. The summed E-state index contributed by atoms with van der Waals surface area (Å²) in [5.74, 6) is -0.424. The van der Waals surface area contributed by atoms with E-state index >= 15 is 0 Å². The minimum absolute atomic E-state index is 0.00233. The number of hydrogen-bond acceptors (Lipinski definition) is 3. The molecule has 0 unspecified atom stereocenters. The van der Waals surface area contributed by atoms with Gasteiger partial charge in [0.05, 0.1) is 11.7 Å². The van der Waals surface area contributed by atoms with Gasteiger partial charge in [-0.2, -0.15) is 5.26 Å². The summed E-state index contributed by atoms with van der Waals surface area (Å²) in [6.45, 7) is 1.98. The van der Waals surface area contributed by atoms with E-state index in [-0.39, 0.29) is 11.6 Å². The second-order valence-corrected chi connectivity index (χ2v) is 5.00. The lowest BCUT2D eigenvalue weighted by atomic mass is 10.0. The Morgan fingerprint density at radius 2 is 2.04 bits per heavy atom. The van der Waals surface area contributed by atoms with Gasteiger partial charge in [0.2, 0.25) is 0 Å². The largest absolute Gasteiger partial charge is 0.345 e. The number of aromatic nitrogens is 1. The van der Waals surface area contributed by atoms with Crippen LogP contribution in [0.1, 0.15) is 30.6 Å². The number of rotatable bonds is 5. The van der Waals surface area contributed by atoms with E-state index in [0.29, 0.717) is 11.3 Å². The first kappa shape index (κ1) is 16.5. The van der Waals surface area contributed by atoms with Crippen molar-refractivity contribution in [2.24, 2.45) is 0 Å². The van der Waals surface area contributed by atoms with Gasteiger partial charge in [-0.05, 0) is 29.7 Å². The maximum absolute atomic E-state index is 12.3. The van der Waals surface area contributed by atoms with Crippen molar-refractivity contribution in [2.75, 3.05) is 0 Å². The summed E-state index contributed by atoms with van der Waals surface area (Å²) in [6, 6.07) is 16.5. The molecular weight excluding hydrogens is 285 g/mol. The maximum atomic E-state index is 12.3. The van der Waals surface area contributed by atoms with Crippen molar-refractivity contribution in [3.63, 3.8) is 0 Å². The zero-order chi connectivity index (χ0) is 16.7. The lowest BCUT2D eigenvalue weighted by Gasteiger charge is -2.17. The Bertz CT molecular complexity index is 750. The van der Waals surface area contributed by atoms with Crippen molar-refractivity contribution in [1.29, 1.82) is 5.26 Å². The van der Waals surface area contributed by atoms with Gasteiger partial charge < -0.3 is 5.32 Å². The van der Waals surface area contributed by atoms with Crippen LogP contribution in [-0.2, 0) is 4.79 Å². The van der Waals surface area contributed by atoms with Crippen LogP contribution in [0, 0.1) is 11.3 Å². The fourth-order valence-electron chi connectivity index (χ4n) is 2.19. The summed E-state index contributed by atoms with van der Waals surface area (Å²) in [5, 5.41) is 12.1. The van der Waals surface area contributed by atoms with Crippen molar-refractivity contribution >= 4 is 25.4 Å². The number of nitrogens with one attached hydrogen (secondary N) is 1. The van der Waals surface area contributed by atoms with Gasteiger partial charge in [0, 0.05) is 0 Å². The molecule has 0 bridgehead atoms. The summed E-state index contributed by atoms with van der Waals surface area (Å²) < 4.78 is 0. The molecule has 2 rings (SSSR count). The Labute approximate surface area is 137 Å². The predicted molar refractivity (Wildman–Crippen MR) is 90.8 cm³/mol. The van der Waals surface area contributed by atoms with Crippen LogP contribution in [0.5, 0.6) is 0 Å². The molecule has 0 aliphatic carbocycles. The summed E-state index contributed by atoms with van der Waals surface area (Å²) in [6.07, 6.45) is 2.16. The van der Waals surface area contributed by atoms with Crippen LogP contribution in [0.25, 0.3) is 6.08 Å². The highest BCUT2D eigenvalue weighted by atomic mass is 16.1. The highest BCUT2D eigenvalue weighted by Gasteiger charge is 2.16. The molecular formula is C18H16BN3O. The highest BCUT2D eigenvalue weighted by molar-refractivity contribution is 6.30. The molecule has 1 amide bonds. The van der Waals surface area contributed by atoms with E-state index in [9.17, 15) is 10.1 Å². The molecule has 2 aromatic rings. The smallest absolute Gasteiger partial charge is 0.262 e. The van der Waals surface area contributed by atoms with Gasteiger partial charge in [0.1, 0.15) is 19.5 Å². The molecule has 1 aromatic carbocycles. The third-order valence-electron chi connectivity index (χ3n) is 3.36. The fraction of sp³-hybridized carbons (Fsp3) is 0.167. The van der Waals surface area contributed by atoms with Crippen molar-refractivity contribution in [3.05, 3.63) is 65.4 Å². The molecule has 0 spiro atoms. The Kier molecular flexibility index (Phi) is 5.70. The lowest BCUT2D eigenvalue weighted by molar-refractivity contribution is -0.117. The number of benzene rings is 1. The first-order chi connectivity index (χ1) is 11.1. The van der Waals surface area contributed by atoms with Gasteiger partial charge in [-0.15, -0.1) is 0 Å². The molecule has 0 saturated heterocycles. The molecule has 5 heteroatoms. The first-order valence-electron chi connectivity index (χ1n) is 7.34. The van der Waals surface area contributed by atoms with Crippen molar-refractivity contribution in [2.45, 2.75) is 19.4 Å². The Balaban J connectivity index is 2.18. The van der Waals surface area contributed by atoms with E-state index < -0.39 is 5.91 Å². The molecule has 1 atom stereocenters. The summed E-state index contributed by atoms with van der Waals surface area (Å²) in [5.41, 5.74) is 1.82. The van der Waals surface area contributed by atoms with Crippen LogP contribution in [0.2, 0.25) is 0 Å². The zero-order valence-electron chi connectivity index (χ0n) is 12.9. The van der Waals surface area contributed by atoms with Gasteiger partial charge in [-0.3, -0.25) is 9.78 Å². The first-order valence-corrected chi connectivity index (χ1v) is 7.34. The molecule has 112 valence electrons. The van der Waals surface area contributed by atoms with Crippen LogP contribution in [0.15, 0.2) is 54.1 Å². The third kappa shape index (κ3) is 4.55. The number of amides is 1. The van der Waals surface area contributed by atoms with Crippen molar-refractivity contribution in [1.82, 2.24) is 10.3 Å². The van der Waals surface area contributed by atoms with Crippen molar-refractivity contribution < 1.29 is 4.79 Å². The van der Waals surface area contributed by atoms with E-state index in [1.165, 1.54) is 6.08 Å². The molecule has 2 radical (unpaired) electrons. The molecule has 1 N–H and O–H groups in total. The van der Waals surface area contributed by atoms with Crippen LogP contribution in [0.4, 0.5) is 0 Å². The predicted octanol–water partition coefficient (Wildman–Crippen LogP) is 2.05. The molecule has 0 aliphatic heterocycles. The second kappa shape index (κ2) is 7.95. The summed E-state index contributed by atoms with van der Waals surface area (Å²) >= 11 is 0. The number of carbonyl (C=O) groups excluding carboxylic acids is 1. The second-order valence-electron chi connectivity index (χ2n) is 5.00. The molecule has 4 nitrogen and oxygen atoms in total. The molecule has 1 heterocycles. The molecule has 0 saturated carbocycles. The normalized spacial score (nSPS) is 12.3.